The van der Waals surface area contributed by atoms with Gasteiger partial charge in [0.15, 0.2) is 54.6 Å². The maximum atomic E-state index is 15.7. The van der Waals surface area contributed by atoms with Crippen molar-refractivity contribution in [1.29, 1.82) is 0 Å². The molecule has 2 saturated heterocycles. The van der Waals surface area contributed by atoms with Gasteiger partial charge in [-0.25, -0.2) is 23.7 Å². The Hall–Kier alpha value is -2.73. The monoisotopic (exact) mass is 713 g/mol. The number of aromatic nitrogens is 9. The summed E-state index contributed by atoms with van der Waals surface area (Å²) in [4.78, 5) is 50.6. The molecular weight excluding hydrogens is 690 g/mol. The summed E-state index contributed by atoms with van der Waals surface area (Å²) in [6.07, 6.45) is -11.1. The Labute approximate surface area is 259 Å². The third kappa shape index (κ3) is 6.21. The number of nitrogen functional groups attached to an aromatic ring is 2. The van der Waals surface area contributed by atoms with E-state index in [1.807, 2.05) is 0 Å². The Morgan fingerprint density at radius 3 is 2.62 bits per heavy atom. The Kier molecular flexibility index (Phi) is 8.93. The number of aliphatic hydroxyl groups is 1. The second-order valence-electron chi connectivity index (χ2n) is 9.66. The van der Waals surface area contributed by atoms with Gasteiger partial charge < -0.3 is 44.9 Å². The van der Waals surface area contributed by atoms with Crippen LogP contribution in [0.15, 0.2) is 17.4 Å². The lowest BCUT2D eigenvalue weighted by Crippen LogP contribution is -2.33. The molecule has 8 N–H and O–H groups in total. The molecule has 4 aromatic rings. The summed E-state index contributed by atoms with van der Waals surface area (Å²) >= 11 is 9.72. The van der Waals surface area contributed by atoms with Gasteiger partial charge in [-0.3, -0.25) is 18.9 Å². The first kappa shape index (κ1) is 32.2. The average Bonchev–Trinajstić information content (AvgIpc) is 3.73. The minimum atomic E-state index is -4.42. The van der Waals surface area contributed by atoms with Gasteiger partial charge in [0.1, 0.15) is 36.3 Å². The van der Waals surface area contributed by atoms with Gasteiger partial charge in [-0.2, -0.15) is 9.67 Å². The van der Waals surface area contributed by atoms with Crippen LogP contribution in [-0.4, -0.2) is 109 Å². The van der Waals surface area contributed by atoms with E-state index in [4.69, 9.17) is 46.3 Å². The molecule has 0 bridgehead atoms. The Balaban J connectivity index is 1.20. The summed E-state index contributed by atoms with van der Waals surface area (Å²) in [6.45, 7) is -5.64. The zero-order valence-corrected chi connectivity index (χ0v) is 25.8. The van der Waals surface area contributed by atoms with Crippen LogP contribution < -0.4 is 17.0 Å². The molecule has 2 unspecified atom stereocenters. The lowest BCUT2D eigenvalue weighted by molar-refractivity contribution is -0.0576. The highest BCUT2D eigenvalue weighted by Crippen LogP contribution is 2.51. The fourth-order valence-electron chi connectivity index (χ4n) is 4.79. The molecular formula is C19H23F2N11O9P2S2. The first-order chi connectivity index (χ1) is 21.3. The number of hydrogen-bond donors (Lipinski definition) is 6. The van der Waals surface area contributed by atoms with Crippen LogP contribution in [0.4, 0.5) is 20.5 Å². The molecule has 0 saturated carbocycles. The summed E-state index contributed by atoms with van der Waals surface area (Å²) < 4.78 is 60.1. The molecule has 2 aliphatic heterocycles. The molecule has 0 radical (unpaired) electrons. The number of aromatic amines is 1. The molecule has 4 aromatic heterocycles. The Bertz CT molecular complexity index is 1870. The van der Waals surface area contributed by atoms with Gasteiger partial charge in [0.25, 0.3) is 5.56 Å². The van der Waals surface area contributed by atoms with E-state index < -0.39 is 81.9 Å². The van der Waals surface area contributed by atoms with Gasteiger partial charge in [0, 0.05) is 0 Å². The van der Waals surface area contributed by atoms with Crippen molar-refractivity contribution in [2.75, 3.05) is 24.7 Å². The lowest BCUT2D eigenvalue weighted by Gasteiger charge is -2.25. The minimum Gasteiger partial charge on any atom is -0.387 e. The summed E-state index contributed by atoms with van der Waals surface area (Å²) in [5.41, 5.74) is 10.5. The highest BCUT2D eigenvalue weighted by molar-refractivity contribution is 8.07. The van der Waals surface area contributed by atoms with E-state index in [1.165, 1.54) is 10.9 Å². The van der Waals surface area contributed by atoms with Crippen molar-refractivity contribution >= 4 is 71.6 Å². The second kappa shape index (κ2) is 12.5. The van der Waals surface area contributed by atoms with E-state index in [-0.39, 0.29) is 34.1 Å². The molecule has 2 aliphatic rings. The van der Waals surface area contributed by atoms with Crippen LogP contribution in [0, 0.1) is 0 Å². The van der Waals surface area contributed by atoms with Crippen LogP contribution in [0.25, 0.3) is 22.3 Å². The van der Waals surface area contributed by atoms with Gasteiger partial charge in [0.2, 0.25) is 5.95 Å². The normalized spacial score (nSPS) is 30.7. The number of nitrogens with one attached hydrogen (secondary N) is 1. The third-order valence-electron chi connectivity index (χ3n) is 6.84. The number of nitrogens with two attached hydrogens (primary N) is 2. The van der Waals surface area contributed by atoms with E-state index in [1.54, 1.807) is 0 Å². The fourth-order valence-corrected chi connectivity index (χ4v) is 6.71. The van der Waals surface area contributed by atoms with Crippen molar-refractivity contribution in [2.24, 2.45) is 0 Å². The zero-order chi connectivity index (χ0) is 32.2. The molecule has 26 heteroatoms. The van der Waals surface area contributed by atoms with E-state index in [0.717, 1.165) is 11.0 Å². The van der Waals surface area contributed by atoms with Crippen LogP contribution in [-0.2, 0) is 46.7 Å². The zero-order valence-electron chi connectivity index (χ0n) is 22.2. The molecule has 0 amide bonds. The van der Waals surface area contributed by atoms with Gasteiger partial charge in [0.05, 0.1) is 19.5 Å². The number of anilines is 2. The summed E-state index contributed by atoms with van der Waals surface area (Å²) in [5, 5.41) is 18.0. The maximum Gasteiger partial charge on any atom is 0.325 e. The van der Waals surface area contributed by atoms with Crippen LogP contribution in [0.3, 0.4) is 0 Å². The summed E-state index contributed by atoms with van der Waals surface area (Å²) in [6, 6.07) is 0. The molecule has 244 valence electrons. The number of ether oxygens (including phenoxy) is 2. The summed E-state index contributed by atoms with van der Waals surface area (Å²) in [7, 11) is -2.66. The molecule has 20 nitrogen and oxygen atoms in total. The molecule has 2 fully saturated rings. The van der Waals surface area contributed by atoms with Crippen LogP contribution >= 0.6 is 13.9 Å². The van der Waals surface area contributed by atoms with E-state index in [9.17, 15) is 19.7 Å². The molecule has 6 rings (SSSR count). The number of fused-ring (bicyclic) bond motifs is 2. The van der Waals surface area contributed by atoms with Crippen molar-refractivity contribution in [3.05, 3.63) is 23.0 Å². The standard InChI is InChI=1S/C19H23F2N11O9P2S2/c20-7-5(1-37-42(35)44)39-18(32-15-10(29-30-32)16(34)28-19(23)27-15)12(7)41-43(36,45)38-2-6-11(33)8(21)17(40-6)31-4-26-9-13(22)24-3-25-14(9)31/h3-8,11-12,17-18,33,42H,1-2H2,(H,35,44)(H,36,45)(H2,22,24,25)(H3,23,27,28,34)/t5-,6-,7+,8+,11-,12-,17-,18-,43?/m1/s1. The van der Waals surface area contributed by atoms with E-state index >= 15 is 8.78 Å². The first-order valence-electron chi connectivity index (χ1n) is 12.7. The number of imidazole rings is 1. The first-order valence-corrected chi connectivity index (χ1v) is 17.7. The largest absolute Gasteiger partial charge is 0.387 e. The highest BCUT2D eigenvalue weighted by Gasteiger charge is 2.51. The maximum absolute atomic E-state index is 15.7. The van der Waals surface area contributed by atoms with Crippen molar-refractivity contribution in [3.63, 3.8) is 0 Å². The average molecular weight is 714 g/mol. The molecule has 0 spiro atoms. The lowest BCUT2D eigenvalue weighted by atomic mass is 10.1. The Morgan fingerprint density at radius 1 is 1.11 bits per heavy atom. The number of alkyl halides is 2. The molecule has 0 aliphatic carbocycles. The van der Waals surface area contributed by atoms with Crippen LogP contribution in [0.5, 0.6) is 0 Å². The predicted molar refractivity (Wildman–Crippen MR) is 155 cm³/mol. The van der Waals surface area contributed by atoms with Crippen molar-refractivity contribution in [2.45, 2.75) is 49.2 Å². The number of aliphatic hydroxyl groups excluding tert-OH is 1. The van der Waals surface area contributed by atoms with Gasteiger partial charge >= 0.3 is 6.72 Å². The highest BCUT2D eigenvalue weighted by atomic mass is 32.5. The molecule has 6 heterocycles. The van der Waals surface area contributed by atoms with Crippen LogP contribution in [0.1, 0.15) is 12.5 Å². The topological polar surface area (TPSA) is 279 Å². The number of hydrogen-bond acceptors (Lipinski definition) is 17. The van der Waals surface area contributed by atoms with Gasteiger partial charge in [-0.1, -0.05) is 5.21 Å². The van der Waals surface area contributed by atoms with E-state index in [2.05, 4.69) is 47.0 Å². The van der Waals surface area contributed by atoms with Gasteiger partial charge in [-0.05, 0) is 23.6 Å². The van der Waals surface area contributed by atoms with Crippen molar-refractivity contribution in [3.8, 4) is 0 Å². The number of rotatable bonds is 10. The van der Waals surface area contributed by atoms with E-state index in [0.29, 0.717) is 0 Å². The number of halogens is 2. The SMILES string of the molecule is Nc1nc2c(nnn2[C@@H]2O[C@H](CO[PH](O)=S)[C@H](F)[C@H]2OP(O)(=S)OC[C@H]2O[C@@H](n3cnc4c(N)ncnc43)[C@@H](F)[C@@H]2O)c(=O)[nH]1. The third-order valence-corrected chi connectivity index (χ3v) is 9.17. The smallest absolute Gasteiger partial charge is 0.325 e. The van der Waals surface area contributed by atoms with Crippen molar-refractivity contribution < 1.29 is 46.7 Å². The molecule has 10 atom stereocenters. The Morgan fingerprint density at radius 2 is 1.87 bits per heavy atom. The quantitative estimate of drug-likeness (QED) is 0.102. The summed E-state index contributed by atoms with van der Waals surface area (Å²) in [5.74, 6) is -0.261. The predicted octanol–water partition coefficient (Wildman–Crippen LogP) is -1.52. The fraction of sp³-hybridized carbons (Fsp3) is 0.526. The number of nitrogens with zero attached hydrogens (tertiary/aromatic N) is 8. The van der Waals surface area contributed by atoms with Crippen LogP contribution in [0.2, 0.25) is 0 Å². The number of H-pyrrole nitrogens is 1. The van der Waals surface area contributed by atoms with Crippen molar-refractivity contribution in [1.82, 2.24) is 44.5 Å². The molecule has 45 heavy (non-hydrogen) atoms. The molecule has 0 aromatic carbocycles. The second-order valence-corrected chi connectivity index (χ2v) is 14.3. The minimum absolute atomic E-state index is 0.0478. The van der Waals surface area contributed by atoms with Gasteiger partial charge in [-0.15, -0.1) is 5.10 Å².